The predicted molar refractivity (Wildman–Crippen MR) is 118 cm³/mol. The zero-order valence-corrected chi connectivity index (χ0v) is 19.2. The quantitative estimate of drug-likeness (QED) is 0.591. The molecule has 1 saturated heterocycles. The van der Waals surface area contributed by atoms with Crippen LogP contribution in [0.15, 0.2) is 23.1 Å². The van der Waals surface area contributed by atoms with E-state index in [1.165, 1.54) is 22.5 Å². The third kappa shape index (κ3) is 7.23. The molecule has 8 nitrogen and oxygen atoms in total. The van der Waals surface area contributed by atoms with Gasteiger partial charge in [-0.05, 0) is 44.5 Å². The van der Waals surface area contributed by atoms with E-state index in [4.69, 9.17) is 11.6 Å². The number of benzene rings is 1. The van der Waals surface area contributed by atoms with Crippen LogP contribution in [0, 0.1) is 0 Å². The van der Waals surface area contributed by atoms with Gasteiger partial charge in [-0.3, -0.25) is 14.5 Å². The van der Waals surface area contributed by atoms with Gasteiger partial charge in [0.05, 0.1) is 28.7 Å². The van der Waals surface area contributed by atoms with Gasteiger partial charge in [-0.2, -0.15) is 4.31 Å². The highest BCUT2D eigenvalue weighted by atomic mass is 35.5. The first-order valence-corrected chi connectivity index (χ1v) is 12.1. The van der Waals surface area contributed by atoms with Gasteiger partial charge in [0.15, 0.2) is 0 Å². The maximum atomic E-state index is 13.0. The number of rotatable bonds is 9. The molecule has 0 aliphatic carbocycles. The normalized spacial score (nSPS) is 15.6. The van der Waals surface area contributed by atoms with Crippen molar-refractivity contribution in [2.24, 2.45) is 0 Å². The fourth-order valence-corrected chi connectivity index (χ4v) is 4.96. The van der Waals surface area contributed by atoms with E-state index in [0.29, 0.717) is 19.6 Å². The van der Waals surface area contributed by atoms with Crippen LogP contribution in [-0.2, 0) is 19.6 Å². The van der Waals surface area contributed by atoms with Crippen molar-refractivity contribution in [2.45, 2.75) is 43.9 Å². The number of likely N-dealkylation sites (N-methyl/N-ethyl adjacent to an activating group) is 1. The van der Waals surface area contributed by atoms with Crippen LogP contribution in [0.25, 0.3) is 0 Å². The Morgan fingerprint density at radius 1 is 1.10 bits per heavy atom. The molecule has 0 bridgehead atoms. The molecule has 1 aliphatic heterocycles. The minimum atomic E-state index is -3.65. The molecule has 2 N–H and O–H groups in total. The van der Waals surface area contributed by atoms with Crippen molar-refractivity contribution in [1.29, 1.82) is 0 Å². The number of sulfonamides is 1. The molecule has 0 spiro atoms. The van der Waals surface area contributed by atoms with E-state index in [2.05, 4.69) is 10.6 Å². The molecular weight excluding hydrogens is 428 g/mol. The summed E-state index contributed by atoms with van der Waals surface area (Å²) in [6.07, 6.45) is 4.57. The Morgan fingerprint density at radius 3 is 2.37 bits per heavy atom. The third-order valence-electron chi connectivity index (χ3n) is 4.81. The summed E-state index contributed by atoms with van der Waals surface area (Å²) in [5, 5.41) is 5.66. The van der Waals surface area contributed by atoms with Gasteiger partial charge in [-0.1, -0.05) is 31.4 Å². The van der Waals surface area contributed by atoms with E-state index in [1.54, 1.807) is 11.9 Å². The number of carbonyl (C=O) groups is 2. The van der Waals surface area contributed by atoms with Crippen LogP contribution in [-0.4, -0.2) is 69.2 Å². The average molecular weight is 459 g/mol. The van der Waals surface area contributed by atoms with Crippen molar-refractivity contribution in [3.8, 4) is 0 Å². The van der Waals surface area contributed by atoms with Gasteiger partial charge >= 0.3 is 0 Å². The molecule has 0 saturated carbocycles. The van der Waals surface area contributed by atoms with Crippen LogP contribution >= 0.6 is 11.6 Å². The second-order valence-corrected chi connectivity index (χ2v) is 9.88. The van der Waals surface area contributed by atoms with Crippen LogP contribution in [0.2, 0.25) is 5.02 Å². The zero-order valence-electron chi connectivity index (χ0n) is 17.6. The predicted octanol–water partition coefficient (Wildman–Crippen LogP) is 2.30. The molecule has 10 heteroatoms. The highest BCUT2D eigenvalue weighted by Crippen LogP contribution is 2.28. The van der Waals surface area contributed by atoms with Crippen LogP contribution in [0.3, 0.4) is 0 Å². The fraction of sp³-hybridized carbons (Fsp3) is 0.600. The Balaban J connectivity index is 2.04. The van der Waals surface area contributed by atoms with E-state index < -0.39 is 10.0 Å². The van der Waals surface area contributed by atoms with Crippen molar-refractivity contribution in [2.75, 3.05) is 45.1 Å². The van der Waals surface area contributed by atoms with Crippen molar-refractivity contribution in [3.05, 3.63) is 23.2 Å². The third-order valence-corrected chi connectivity index (χ3v) is 7.04. The smallest absolute Gasteiger partial charge is 0.243 e. The van der Waals surface area contributed by atoms with Crippen molar-refractivity contribution >= 4 is 39.1 Å². The second-order valence-electron chi connectivity index (χ2n) is 7.53. The van der Waals surface area contributed by atoms with E-state index >= 15 is 0 Å². The van der Waals surface area contributed by atoms with Gasteiger partial charge in [0.2, 0.25) is 21.8 Å². The van der Waals surface area contributed by atoms with E-state index in [1.807, 2.05) is 6.92 Å². The lowest BCUT2D eigenvalue weighted by atomic mass is 10.2. The molecule has 0 radical (unpaired) electrons. The average Bonchev–Trinajstić information content (AvgIpc) is 2.97. The Hall–Kier alpha value is -1.68. The molecule has 1 aliphatic rings. The topological polar surface area (TPSA) is 98.8 Å². The van der Waals surface area contributed by atoms with Gasteiger partial charge in [-0.15, -0.1) is 0 Å². The van der Waals surface area contributed by atoms with Gasteiger partial charge in [0.25, 0.3) is 0 Å². The zero-order chi connectivity index (χ0) is 22.1. The lowest BCUT2D eigenvalue weighted by Crippen LogP contribution is -2.39. The summed E-state index contributed by atoms with van der Waals surface area (Å²) in [7, 11) is -1.99. The molecule has 1 aromatic rings. The molecule has 0 unspecified atom stereocenters. The monoisotopic (exact) mass is 458 g/mol. The van der Waals surface area contributed by atoms with Crippen molar-refractivity contribution in [1.82, 2.24) is 14.5 Å². The summed E-state index contributed by atoms with van der Waals surface area (Å²) in [5.74, 6) is -0.539. The second kappa shape index (κ2) is 11.6. The van der Waals surface area contributed by atoms with Crippen molar-refractivity contribution < 1.29 is 18.0 Å². The summed E-state index contributed by atoms with van der Waals surface area (Å²) in [5.41, 5.74) is 0.237. The number of hydrogen-bond acceptors (Lipinski definition) is 5. The van der Waals surface area contributed by atoms with Crippen LogP contribution < -0.4 is 10.6 Å². The van der Waals surface area contributed by atoms with Crippen LogP contribution in [0.1, 0.15) is 39.0 Å². The molecule has 1 fully saturated rings. The largest absolute Gasteiger partial charge is 0.355 e. The number of halogens is 1. The minimum absolute atomic E-state index is 0.0288. The first-order valence-electron chi connectivity index (χ1n) is 10.3. The summed E-state index contributed by atoms with van der Waals surface area (Å²) < 4.78 is 27.5. The lowest BCUT2D eigenvalue weighted by molar-refractivity contribution is -0.122. The molecule has 0 aromatic heterocycles. The highest BCUT2D eigenvalue weighted by molar-refractivity contribution is 7.89. The maximum Gasteiger partial charge on any atom is 0.243 e. The van der Waals surface area contributed by atoms with E-state index in [9.17, 15) is 18.0 Å². The Labute approximate surface area is 184 Å². The molecule has 30 heavy (non-hydrogen) atoms. The molecule has 2 rings (SSSR count). The number of amides is 2. The molecule has 2 amide bonds. The summed E-state index contributed by atoms with van der Waals surface area (Å²) in [6, 6.07) is 4.33. The van der Waals surface area contributed by atoms with Crippen molar-refractivity contribution in [3.63, 3.8) is 0 Å². The number of carbonyl (C=O) groups excluding carboxylic acids is 2. The number of anilines is 1. The number of hydrogen-bond donors (Lipinski definition) is 2. The first-order chi connectivity index (χ1) is 14.2. The summed E-state index contributed by atoms with van der Waals surface area (Å²) in [4.78, 5) is 25.8. The molecule has 168 valence electrons. The highest BCUT2D eigenvalue weighted by Gasteiger charge is 2.26. The summed E-state index contributed by atoms with van der Waals surface area (Å²) in [6.45, 7) is 3.60. The van der Waals surface area contributed by atoms with Crippen LogP contribution in [0.5, 0.6) is 0 Å². The molecular formula is C20H31ClN4O4S. The molecule has 1 aromatic carbocycles. The summed E-state index contributed by atoms with van der Waals surface area (Å²) >= 11 is 6.18. The standard InChI is InChI=1S/C20H31ClN4O4S/c1-3-10-22-19(26)14-24(2)15-20(27)23-18-13-16(8-9-17(18)21)30(28,29)25-11-6-4-5-7-12-25/h8-9,13H,3-7,10-12,14-15H2,1-2H3,(H,22,26)(H,23,27). The Morgan fingerprint density at radius 2 is 1.73 bits per heavy atom. The number of nitrogens with zero attached hydrogens (tertiary/aromatic N) is 2. The maximum absolute atomic E-state index is 13.0. The molecule has 0 atom stereocenters. The Kier molecular flexibility index (Phi) is 9.54. The van der Waals surface area contributed by atoms with Gasteiger partial charge < -0.3 is 10.6 Å². The van der Waals surface area contributed by atoms with E-state index in [-0.39, 0.29) is 40.5 Å². The number of nitrogens with one attached hydrogen (secondary N) is 2. The first kappa shape index (κ1) is 24.6. The Bertz CT molecular complexity index is 839. The lowest BCUT2D eigenvalue weighted by Gasteiger charge is -2.21. The van der Waals surface area contributed by atoms with Gasteiger partial charge in [-0.25, -0.2) is 8.42 Å². The van der Waals surface area contributed by atoms with E-state index in [0.717, 1.165) is 32.1 Å². The SMILES string of the molecule is CCCNC(=O)CN(C)CC(=O)Nc1cc(S(=O)(=O)N2CCCCCC2)ccc1Cl. The van der Waals surface area contributed by atoms with Gasteiger partial charge in [0.1, 0.15) is 0 Å². The van der Waals surface area contributed by atoms with Crippen LogP contribution in [0.4, 0.5) is 5.69 Å². The van der Waals surface area contributed by atoms with Gasteiger partial charge in [0, 0.05) is 19.6 Å². The fourth-order valence-electron chi connectivity index (χ4n) is 3.25. The minimum Gasteiger partial charge on any atom is -0.355 e. The molecule has 1 heterocycles.